The molecule has 1 heterocycles. The quantitative estimate of drug-likeness (QED) is 0.495. The Hall–Kier alpha value is -2.53. The van der Waals surface area contributed by atoms with E-state index >= 15 is 0 Å². The number of nitrogens with zero attached hydrogens (tertiary/aromatic N) is 1. The number of aromatic nitrogens is 1. The fourth-order valence-electron chi connectivity index (χ4n) is 2.68. The van der Waals surface area contributed by atoms with Gasteiger partial charge in [-0.15, -0.1) is 11.8 Å². The lowest BCUT2D eigenvalue weighted by Gasteiger charge is -2.09. The largest absolute Gasteiger partial charge is 0.497 e. The smallest absolute Gasteiger partial charge is 0.253 e. The number of pyridine rings is 1. The summed E-state index contributed by atoms with van der Waals surface area (Å²) in [5.41, 5.74) is 2.21. The molecule has 0 atom stereocenters. The number of carbonyl (C=O) groups is 1. The molecule has 4 nitrogen and oxygen atoms in total. The number of hydrogen-bond acceptors (Lipinski definition) is 4. The average molecular weight is 366 g/mol. The molecule has 0 aliphatic rings. The van der Waals surface area contributed by atoms with Crippen LogP contribution in [0.3, 0.4) is 0 Å². The van der Waals surface area contributed by atoms with Gasteiger partial charge in [-0.05, 0) is 55.5 Å². The molecule has 0 spiro atoms. The molecule has 3 rings (SSSR count). The van der Waals surface area contributed by atoms with Gasteiger partial charge in [-0.3, -0.25) is 9.78 Å². The Bertz CT molecular complexity index is 897. The lowest BCUT2D eigenvalue weighted by molar-refractivity contribution is 0.0953. The summed E-state index contributed by atoms with van der Waals surface area (Å²) in [6.45, 7) is 2.51. The third kappa shape index (κ3) is 4.55. The van der Waals surface area contributed by atoms with E-state index in [-0.39, 0.29) is 5.91 Å². The number of methoxy groups -OCH3 is 1. The topological polar surface area (TPSA) is 51.2 Å². The monoisotopic (exact) mass is 366 g/mol. The number of ether oxygens (including phenoxy) is 1. The normalized spacial score (nSPS) is 10.7. The number of carbonyl (C=O) groups excluding carboxylic acids is 1. The van der Waals surface area contributed by atoms with Crippen molar-refractivity contribution in [3.05, 3.63) is 65.9 Å². The van der Waals surface area contributed by atoms with Crippen molar-refractivity contribution in [1.29, 1.82) is 0 Å². The first kappa shape index (κ1) is 18.3. The molecular weight excluding hydrogens is 344 g/mol. The molecule has 0 aliphatic carbocycles. The Morgan fingerprint density at radius 1 is 1.15 bits per heavy atom. The number of thioether (sulfide) groups is 1. The molecule has 134 valence electrons. The Kier molecular flexibility index (Phi) is 6.12. The molecule has 3 aromatic rings. The summed E-state index contributed by atoms with van der Waals surface area (Å²) in [6, 6.07) is 17.8. The van der Waals surface area contributed by atoms with Crippen LogP contribution in [0.5, 0.6) is 5.75 Å². The van der Waals surface area contributed by atoms with E-state index in [9.17, 15) is 4.79 Å². The third-order valence-corrected chi connectivity index (χ3v) is 5.17. The summed E-state index contributed by atoms with van der Waals surface area (Å²) < 4.78 is 5.25. The van der Waals surface area contributed by atoms with Crippen molar-refractivity contribution < 1.29 is 9.53 Å². The minimum absolute atomic E-state index is 0.0792. The van der Waals surface area contributed by atoms with E-state index in [1.807, 2.05) is 49.4 Å². The highest BCUT2D eigenvalue weighted by atomic mass is 32.2. The Morgan fingerprint density at radius 2 is 1.96 bits per heavy atom. The number of benzene rings is 2. The van der Waals surface area contributed by atoms with Gasteiger partial charge in [0.1, 0.15) is 5.75 Å². The third-order valence-electron chi connectivity index (χ3n) is 4.08. The Morgan fingerprint density at radius 3 is 2.73 bits per heavy atom. The number of amides is 1. The molecule has 1 N–H and O–H groups in total. The van der Waals surface area contributed by atoms with Crippen LogP contribution in [-0.2, 0) is 0 Å². The molecule has 0 unspecified atom stereocenters. The Labute approximate surface area is 158 Å². The van der Waals surface area contributed by atoms with Gasteiger partial charge in [0.15, 0.2) is 0 Å². The first-order chi connectivity index (χ1) is 12.7. The van der Waals surface area contributed by atoms with Crippen LogP contribution in [0.15, 0.2) is 59.5 Å². The van der Waals surface area contributed by atoms with Crippen LogP contribution in [0.1, 0.15) is 22.5 Å². The summed E-state index contributed by atoms with van der Waals surface area (Å²) in [7, 11) is 1.63. The molecule has 2 aromatic carbocycles. The van der Waals surface area contributed by atoms with E-state index in [0.29, 0.717) is 12.1 Å². The molecule has 0 bridgehead atoms. The highest BCUT2D eigenvalue weighted by Gasteiger charge is 2.11. The van der Waals surface area contributed by atoms with Gasteiger partial charge in [-0.1, -0.05) is 18.2 Å². The number of aryl methyl sites for hydroxylation is 1. The van der Waals surface area contributed by atoms with Gasteiger partial charge in [-0.25, -0.2) is 0 Å². The minimum atomic E-state index is -0.0792. The molecule has 0 fully saturated rings. The first-order valence-electron chi connectivity index (χ1n) is 8.59. The molecule has 0 saturated carbocycles. The van der Waals surface area contributed by atoms with Gasteiger partial charge < -0.3 is 10.1 Å². The van der Waals surface area contributed by atoms with Crippen LogP contribution in [-0.4, -0.2) is 30.3 Å². The molecular formula is C21H22N2O2S. The van der Waals surface area contributed by atoms with E-state index in [4.69, 9.17) is 4.74 Å². The predicted molar refractivity (Wildman–Crippen MR) is 107 cm³/mol. The van der Waals surface area contributed by atoms with Gasteiger partial charge in [-0.2, -0.15) is 0 Å². The molecule has 1 aromatic heterocycles. The van der Waals surface area contributed by atoms with Gasteiger partial charge in [0.05, 0.1) is 23.9 Å². The van der Waals surface area contributed by atoms with Gasteiger partial charge in [0.25, 0.3) is 5.91 Å². The average Bonchev–Trinajstić information content (AvgIpc) is 2.67. The van der Waals surface area contributed by atoms with Crippen molar-refractivity contribution in [2.75, 3.05) is 19.4 Å². The van der Waals surface area contributed by atoms with E-state index in [1.54, 1.807) is 18.9 Å². The van der Waals surface area contributed by atoms with E-state index in [1.165, 1.54) is 4.90 Å². The fraction of sp³-hybridized carbons (Fsp3) is 0.238. The lowest BCUT2D eigenvalue weighted by atomic mass is 10.1. The molecule has 0 radical (unpaired) electrons. The number of rotatable bonds is 7. The molecule has 0 saturated heterocycles. The van der Waals surface area contributed by atoms with Crippen LogP contribution < -0.4 is 10.1 Å². The molecule has 26 heavy (non-hydrogen) atoms. The SMILES string of the molecule is COc1ccc2nc(C)c(C(=O)NCCCSc3ccccc3)cc2c1. The summed E-state index contributed by atoms with van der Waals surface area (Å²) in [4.78, 5) is 18.3. The zero-order valence-corrected chi connectivity index (χ0v) is 15.8. The van der Waals surface area contributed by atoms with Crippen LogP contribution in [0.2, 0.25) is 0 Å². The summed E-state index contributed by atoms with van der Waals surface area (Å²) in [5, 5.41) is 3.90. The first-order valence-corrected chi connectivity index (χ1v) is 9.57. The molecule has 0 aliphatic heterocycles. The van der Waals surface area contributed by atoms with Crippen molar-refractivity contribution in [2.45, 2.75) is 18.2 Å². The molecule has 1 amide bonds. The number of nitrogens with one attached hydrogen (secondary N) is 1. The van der Waals surface area contributed by atoms with E-state index in [2.05, 4.69) is 22.4 Å². The highest BCUT2D eigenvalue weighted by Crippen LogP contribution is 2.22. The van der Waals surface area contributed by atoms with E-state index in [0.717, 1.165) is 34.5 Å². The Balaban J connectivity index is 1.57. The maximum absolute atomic E-state index is 12.5. The van der Waals surface area contributed by atoms with Crippen LogP contribution in [0.25, 0.3) is 10.9 Å². The van der Waals surface area contributed by atoms with Crippen LogP contribution in [0.4, 0.5) is 0 Å². The van der Waals surface area contributed by atoms with E-state index < -0.39 is 0 Å². The second-order valence-electron chi connectivity index (χ2n) is 5.95. The van der Waals surface area contributed by atoms with Gasteiger partial charge >= 0.3 is 0 Å². The van der Waals surface area contributed by atoms with Gasteiger partial charge in [0.2, 0.25) is 0 Å². The summed E-state index contributed by atoms with van der Waals surface area (Å²) >= 11 is 1.80. The van der Waals surface area contributed by atoms with Crippen molar-refractivity contribution in [1.82, 2.24) is 10.3 Å². The van der Waals surface area contributed by atoms with Crippen LogP contribution >= 0.6 is 11.8 Å². The standard InChI is InChI=1S/C21H22N2O2S/c1-15-19(14-16-13-17(25-2)9-10-20(16)23-15)21(24)22-11-6-12-26-18-7-4-3-5-8-18/h3-5,7-10,13-14H,6,11-12H2,1-2H3,(H,22,24). The molecule has 5 heteroatoms. The summed E-state index contributed by atoms with van der Waals surface area (Å²) in [5.74, 6) is 1.65. The zero-order valence-electron chi connectivity index (χ0n) is 15.0. The highest BCUT2D eigenvalue weighted by molar-refractivity contribution is 7.99. The van der Waals surface area contributed by atoms with Crippen molar-refractivity contribution in [3.63, 3.8) is 0 Å². The number of hydrogen-bond donors (Lipinski definition) is 1. The maximum atomic E-state index is 12.5. The van der Waals surface area contributed by atoms with Crippen molar-refractivity contribution >= 4 is 28.6 Å². The second-order valence-corrected chi connectivity index (χ2v) is 7.12. The lowest BCUT2D eigenvalue weighted by Crippen LogP contribution is -2.25. The number of fused-ring (bicyclic) bond motifs is 1. The minimum Gasteiger partial charge on any atom is -0.497 e. The van der Waals surface area contributed by atoms with Crippen molar-refractivity contribution in [3.8, 4) is 5.75 Å². The van der Waals surface area contributed by atoms with Gasteiger partial charge in [0, 0.05) is 16.8 Å². The zero-order chi connectivity index (χ0) is 18.4. The van der Waals surface area contributed by atoms with Crippen LogP contribution in [0, 0.1) is 6.92 Å². The maximum Gasteiger partial charge on any atom is 0.253 e. The van der Waals surface area contributed by atoms with Crippen molar-refractivity contribution in [2.24, 2.45) is 0 Å². The predicted octanol–water partition coefficient (Wildman–Crippen LogP) is 4.46. The summed E-state index contributed by atoms with van der Waals surface area (Å²) in [6.07, 6.45) is 0.916. The second kappa shape index (κ2) is 8.72. The fourth-order valence-corrected chi connectivity index (χ4v) is 3.56.